The number of aromatic nitrogens is 2. The number of hydrogen-bond donors (Lipinski definition) is 1. The van der Waals surface area contributed by atoms with Crippen LogP contribution in [0.2, 0.25) is 0 Å². The third kappa shape index (κ3) is 4.09. The fraction of sp³-hybridized carbons (Fsp3) is 0.231. The lowest BCUT2D eigenvalue weighted by atomic mass is 10.1. The largest absolute Gasteiger partial charge is 0.340 e. The van der Waals surface area contributed by atoms with Crippen LogP contribution in [0.1, 0.15) is 17.4 Å². The Morgan fingerprint density at radius 1 is 1.00 bits per heavy atom. The zero-order valence-electron chi connectivity index (χ0n) is 17.7. The lowest BCUT2D eigenvalue weighted by molar-refractivity contribution is -0.135. The highest BCUT2D eigenvalue weighted by Gasteiger charge is 2.32. The summed E-state index contributed by atoms with van der Waals surface area (Å²) in [7, 11) is 2.10. The fourth-order valence-electron chi connectivity index (χ4n) is 4.33. The summed E-state index contributed by atoms with van der Waals surface area (Å²) in [6, 6.07) is 24.6. The zero-order chi connectivity index (χ0) is 21.2. The Hall–Kier alpha value is -3.44. The van der Waals surface area contributed by atoms with Gasteiger partial charge >= 0.3 is 0 Å². The van der Waals surface area contributed by atoms with Crippen molar-refractivity contribution in [3.8, 4) is 11.3 Å². The number of carbonyl (C=O) groups excluding carboxylic acids is 1. The van der Waals surface area contributed by atoms with Crippen LogP contribution >= 0.6 is 0 Å². The van der Waals surface area contributed by atoms with Gasteiger partial charge in [-0.1, -0.05) is 66.7 Å². The van der Waals surface area contributed by atoms with E-state index < -0.39 is 0 Å². The van der Waals surface area contributed by atoms with Gasteiger partial charge in [0.2, 0.25) is 5.91 Å². The molecule has 0 spiro atoms. The molecule has 31 heavy (non-hydrogen) atoms. The van der Waals surface area contributed by atoms with Crippen LogP contribution in [0.3, 0.4) is 0 Å². The molecule has 1 saturated heterocycles. The third-order valence-electron chi connectivity index (χ3n) is 6.07. The number of rotatable bonds is 4. The number of hydrogen-bond acceptors (Lipinski definition) is 3. The van der Waals surface area contributed by atoms with E-state index in [1.54, 1.807) is 0 Å². The number of nitrogens with one attached hydrogen (secondary N) is 1. The normalized spacial score (nSPS) is 17.2. The number of imidazole rings is 1. The molecule has 0 radical (unpaired) electrons. The van der Waals surface area contributed by atoms with Crippen LogP contribution in [-0.4, -0.2) is 52.4 Å². The Balaban J connectivity index is 1.41. The highest BCUT2D eigenvalue weighted by Crippen LogP contribution is 2.28. The molecular weight excluding hydrogens is 384 g/mol. The van der Waals surface area contributed by atoms with Gasteiger partial charge in [-0.2, -0.15) is 0 Å². The summed E-state index contributed by atoms with van der Waals surface area (Å²) in [6.07, 6.45) is 2.30. The van der Waals surface area contributed by atoms with Gasteiger partial charge in [0.15, 0.2) is 0 Å². The van der Waals surface area contributed by atoms with Crippen molar-refractivity contribution >= 4 is 16.7 Å². The number of aromatic amines is 1. The van der Waals surface area contributed by atoms with Gasteiger partial charge in [0.25, 0.3) is 0 Å². The maximum absolute atomic E-state index is 13.1. The molecule has 1 amide bonds. The van der Waals surface area contributed by atoms with E-state index >= 15 is 0 Å². The molecule has 1 atom stereocenters. The number of amides is 1. The predicted octanol–water partition coefficient (Wildman–Crippen LogP) is 4.29. The van der Waals surface area contributed by atoms with Gasteiger partial charge < -0.3 is 14.8 Å². The molecule has 156 valence electrons. The van der Waals surface area contributed by atoms with Gasteiger partial charge in [0.1, 0.15) is 11.9 Å². The first kappa shape index (κ1) is 19.5. The number of benzene rings is 3. The number of nitrogens with zero attached hydrogens (tertiary/aromatic N) is 3. The molecule has 0 saturated carbocycles. The highest BCUT2D eigenvalue weighted by atomic mass is 16.2. The molecule has 4 aromatic rings. The maximum Gasteiger partial charge on any atom is 0.227 e. The second-order valence-electron chi connectivity index (χ2n) is 8.27. The van der Waals surface area contributed by atoms with E-state index in [2.05, 4.69) is 59.4 Å². The molecule has 5 rings (SSSR count). The second-order valence-corrected chi connectivity index (χ2v) is 8.27. The van der Waals surface area contributed by atoms with Crippen LogP contribution in [0.15, 0.2) is 79.0 Å². The van der Waals surface area contributed by atoms with Crippen molar-refractivity contribution in [1.82, 2.24) is 19.8 Å². The average molecular weight is 411 g/mol. The van der Waals surface area contributed by atoms with Gasteiger partial charge in [-0.3, -0.25) is 4.79 Å². The van der Waals surface area contributed by atoms with Crippen molar-refractivity contribution in [3.05, 3.63) is 90.4 Å². The van der Waals surface area contributed by atoms with Crippen molar-refractivity contribution in [2.75, 3.05) is 26.7 Å². The minimum Gasteiger partial charge on any atom is -0.340 e. The van der Waals surface area contributed by atoms with E-state index in [1.807, 2.05) is 41.4 Å². The lowest BCUT2D eigenvalue weighted by Crippen LogP contribution is -2.50. The molecule has 5 nitrogen and oxygen atoms in total. The molecule has 1 N–H and O–H groups in total. The molecule has 0 bridgehead atoms. The second kappa shape index (κ2) is 8.36. The maximum atomic E-state index is 13.1. The van der Waals surface area contributed by atoms with Crippen LogP contribution in [0.4, 0.5) is 0 Å². The van der Waals surface area contributed by atoms with Gasteiger partial charge in [-0.25, -0.2) is 4.98 Å². The molecule has 0 aliphatic carbocycles. The zero-order valence-corrected chi connectivity index (χ0v) is 17.7. The van der Waals surface area contributed by atoms with Gasteiger partial charge in [0, 0.05) is 25.2 Å². The van der Waals surface area contributed by atoms with Crippen LogP contribution in [0.5, 0.6) is 0 Å². The molecule has 1 aliphatic heterocycles. The first-order chi connectivity index (χ1) is 15.2. The summed E-state index contributed by atoms with van der Waals surface area (Å²) in [5.74, 6) is 0.990. The van der Waals surface area contributed by atoms with E-state index in [0.717, 1.165) is 35.7 Å². The number of carbonyl (C=O) groups is 1. The molecule has 1 fully saturated rings. The van der Waals surface area contributed by atoms with Crippen molar-refractivity contribution < 1.29 is 4.79 Å². The molecule has 1 aliphatic rings. The Bertz CT molecular complexity index is 1200. The molecule has 5 heteroatoms. The van der Waals surface area contributed by atoms with E-state index in [-0.39, 0.29) is 11.9 Å². The van der Waals surface area contributed by atoms with Crippen LogP contribution < -0.4 is 0 Å². The minimum atomic E-state index is -0.0795. The Morgan fingerprint density at radius 2 is 1.77 bits per heavy atom. The topological polar surface area (TPSA) is 52.2 Å². The van der Waals surface area contributed by atoms with Crippen molar-refractivity contribution in [3.63, 3.8) is 0 Å². The van der Waals surface area contributed by atoms with Crippen molar-refractivity contribution in [1.29, 1.82) is 0 Å². The smallest absolute Gasteiger partial charge is 0.227 e. The summed E-state index contributed by atoms with van der Waals surface area (Å²) in [4.78, 5) is 25.6. The fourth-order valence-corrected chi connectivity index (χ4v) is 4.33. The van der Waals surface area contributed by atoms with Gasteiger partial charge in [-0.05, 0) is 29.4 Å². The van der Waals surface area contributed by atoms with Crippen molar-refractivity contribution in [2.24, 2.45) is 0 Å². The van der Waals surface area contributed by atoms with Crippen LogP contribution in [-0.2, 0) is 11.2 Å². The average Bonchev–Trinajstić information content (AvgIpc) is 3.29. The monoisotopic (exact) mass is 410 g/mol. The summed E-state index contributed by atoms with van der Waals surface area (Å²) < 4.78 is 0. The van der Waals surface area contributed by atoms with Gasteiger partial charge in [-0.15, -0.1) is 0 Å². The van der Waals surface area contributed by atoms with E-state index in [4.69, 9.17) is 4.98 Å². The molecule has 2 heterocycles. The van der Waals surface area contributed by atoms with Crippen LogP contribution in [0, 0.1) is 0 Å². The quantitative estimate of drug-likeness (QED) is 0.546. The first-order valence-corrected chi connectivity index (χ1v) is 10.7. The Labute approximate surface area is 182 Å². The number of piperazine rings is 1. The standard InChI is InChI=1S/C26H26N4O/c1-29-13-14-30(25(31)15-19-7-3-2-4-8-19)24(18-29)26-27-17-23(28-26)22-12-11-20-9-5-6-10-21(20)16-22/h2-12,16-17,24H,13-15,18H2,1H3,(H,27,28)/t24-/m0/s1. The number of fused-ring (bicyclic) bond motifs is 1. The summed E-state index contributed by atoms with van der Waals surface area (Å²) >= 11 is 0. The Kier molecular flexibility index (Phi) is 5.26. The first-order valence-electron chi connectivity index (χ1n) is 10.7. The molecule has 0 unspecified atom stereocenters. The van der Waals surface area contributed by atoms with E-state index in [0.29, 0.717) is 13.0 Å². The van der Waals surface area contributed by atoms with Crippen molar-refractivity contribution in [2.45, 2.75) is 12.5 Å². The number of H-pyrrole nitrogens is 1. The summed E-state index contributed by atoms with van der Waals surface area (Å²) in [6.45, 7) is 2.35. The van der Waals surface area contributed by atoms with E-state index in [9.17, 15) is 4.79 Å². The Morgan fingerprint density at radius 3 is 2.61 bits per heavy atom. The predicted molar refractivity (Wildman–Crippen MR) is 124 cm³/mol. The lowest BCUT2D eigenvalue weighted by Gasteiger charge is -2.39. The van der Waals surface area contributed by atoms with Crippen LogP contribution in [0.25, 0.3) is 22.0 Å². The number of likely N-dealkylation sites (N-methyl/N-ethyl adjacent to an activating group) is 1. The minimum absolute atomic E-state index is 0.0795. The van der Waals surface area contributed by atoms with Gasteiger partial charge in [0.05, 0.1) is 18.3 Å². The van der Waals surface area contributed by atoms with E-state index in [1.165, 1.54) is 10.8 Å². The molecule has 1 aromatic heterocycles. The molecular formula is C26H26N4O. The summed E-state index contributed by atoms with van der Waals surface area (Å²) in [5.41, 5.74) is 3.12. The third-order valence-corrected chi connectivity index (χ3v) is 6.07. The SMILES string of the molecule is CN1CCN(C(=O)Cc2ccccc2)[C@H](c2ncc(-c3ccc4ccccc4c3)[nH]2)C1. The summed E-state index contributed by atoms with van der Waals surface area (Å²) in [5, 5.41) is 2.42. The highest BCUT2D eigenvalue weighted by molar-refractivity contribution is 5.86. The molecule has 3 aromatic carbocycles.